The van der Waals surface area contributed by atoms with E-state index in [0.717, 1.165) is 0 Å². The first-order valence-electron chi connectivity index (χ1n) is 6.52. The fourth-order valence-corrected chi connectivity index (χ4v) is 2.37. The van der Waals surface area contributed by atoms with E-state index in [9.17, 15) is 4.79 Å². The molecule has 0 radical (unpaired) electrons. The lowest BCUT2D eigenvalue weighted by atomic mass is 10.1. The molecule has 1 saturated heterocycles. The second kappa shape index (κ2) is 5.13. The third-order valence-corrected chi connectivity index (χ3v) is 3.38. The van der Waals surface area contributed by atoms with Crippen LogP contribution in [0, 0.1) is 0 Å². The second-order valence-corrected chi connectivity index (χ2v) is 4.57. The lowest BCUT2D eigenvalue weighted by molar-refractivity contribution is 0.0684. The van der Waals surface area contributed by atoms with Crippen molar-refractivity contribution in [3.8, 4) is 11.5 Å². The number of rotatable bonds is 3. The first-order chi connectivity index (χ1) is 9.74. The molecule has 0 bridgehead atoms. The van der Waals surface area contributed by atoms with Gasteiger partial charge in [-0.25, -0.2) is 0 Å². The van der Waals surface area contributed by atoms with Crippen LogP contribution in [-0.4, -0.2) is 50.1 Å². The number of ether oxygens (including phenoxy) is 3. The van der Waals surface area contributed by atoms with Crippen molar-refractivity contribution >= 4 is 17.8 Å². The summed E-state index contributed by atoms with van der Waals surface area (Å²) < 4.78 is 16.1. The van der Waals surface area contributed by atoms with E-state index in [0.29, 0.717) is 42.7 Å². The number of aliphatic imine (C=N–C) groups is 1. The number of hydrogen-bond acceptors (Lipinski definition) is 5. The average Bonchev–Trinajstić information content (AvgIpc) is 2.88. The number of amides is 1. The fourth-order valence-electron chi connectivity index (χ4n) is 2.37. The van der Waals surface area contributed by atoms with Crippen molar-refractivity contribution < 1.29 is 19.0 Å². The van der Waals surface area contributed by atoms with Gasteiger partial charge in [-0.05, 0) is 13.0 Å². The van der Waals surface area contributed by atoms with Crippen molar-refractivity contribution in [3.05, 3.63) is 17.7 Å². The van der Waals surface area contributed by atoms with Gasteiger partial charge in [0.25, 0.3) is 5.91 Å². The minimum Gasteiger partial charge on any atom is -0.493 e. The van der Waals surface area contributed by atoms with Crippen molar-refractivity contribution in [2.24, 2.45) is 4.99 Å². The molecule has 1 aromatic rings. The third-order valence-electron chi connectivity index (χ3n) is 3.38. The SMILES string of the molecule is CCOc1cc2c(cc1OC)C(=O)N1COCC1C=N2. The summed E-state index contributed by atoms with van der Waals surface area (Å²) in [6, 6.07) is 3.33. The Bertz CT molecular complexity index is 571. The van der Waals surface area contributed by atoms with E-state index in [-0.39, 0.29) is 11.9 Å². The molecular weight excluding hydrogens is 260 g/mol. The molecule has 6 heteroatoms. The highest BCUT2D eigenvalue weighted by Crippen LogP contribution is 2.37. The zero-order chi connectivity index (χ0) is 14.1. The van der Waals surface area contributed by atoms with Crippen LogP contribution in [0.1, 0.15) is 17.3 Å². The van der Waals surface area contributed by atoms with Gasteiger partial charge in [-0.15, -0.1) is 0 Å². The van der Waals surface area contributed by atoms with Gasteiger partial charge in [-0.1, -0.05) is 0 Å². The summed E-state index contributed by atoms with van der Waals surface area (Å²) in [7, 11) is 1.55. The van der Waals surface area contributed by atoms with Crippen LogP contribution in [0.5, 0.6) is 11.5 Å². The molecule has 2 aliphatic rings. The Morgan fingerprint density at radius 3 is 3.05 bits per heavy atom. The Morgan fingerprint density at radius 2 is 2.30 bits per heavy atom. The second-order valence-electron chi connectivity index (χ2n) is 4.57. The van der Waals surface area contributed by atoms with E-state index in [1.807, 2.05) is 6.92 Å². The average molecular weight is 276 g/mol. The molecule has 0 aromatic heterocycles. The predicted molar refractivity (Wildman–Crippen MR) is 73.1 cm³/mol. The first-order valence-corrected chi connectivity index (χ1v) is 6.52. The molecule has 0 spiro atoms. The maximum absolute atomic E-state index is 12.5. The molecular formula is C14H16N2O4. The largest absolute Gasteiger partial charge is 0.493 e. The van der Waals surface area contributed by atoms with Gasteiger partial charge in [0.05, 0.1) is 37.6 Å². The predicted octanol–water partition coefficient (Wildman–Crippen LogP) is 1.61. The lowest BCUT2D eigenvalue weighted by Gasteiger charge is -2.18. The van der Waals surface area contributed by atoms with Crippen molar-refractivity contribution in [1.82, 2.24) is 4.90 Å². The molecule has 1 atom stereocenters. The van der Waals surface area contributed by atoms with Crippen molar-refractivity contribution in [1.29, 1.82) is 0 Å². The highest BCUT2D eigenvalue weighted by Gasteiger charge is 2.33. The minimum absolute atomic E-state index is 0.0960. The summed E-state index contributed by atoms with van der Waals surface area (Å²) in [5, 5.41) is 0. The first kappa shape index (κ1) is 12.9. The van der Waals surface area contributed by atoms with Crippen LogP contribution in [0.3, 0.4) is 0 Å². The monoisotopic (exact) mass is 276 g/mol. The molecule has 0 N–H and O–H groups in total. The Kier molecular flexibility index (Phi) is 3.31. The molecule has 1 aromatic carbocycles. The van der Waals surface area contributed by atoms with Crippen LogP contribution in [0.25, 0.3) is 0 Å². The van der Waals surface area contributed by atoms with Crippen LogP contribution >= 0.6 is 0 Å². The van der Waals surface area contributed by atoms with Gasteiger partial charge in [-0.3, -0.25) is 9.79 Å². The maximum atomic E-state index is 12.5. The minimum atomic E-state index is -0.101. The molecule has 1 fully saturated rings. The van der Waals surface area contributed by atoms with Crippen molar-refractivity contribution in [2.75, 3.05) is 27.1 Å². The molecule has 20 heavy (non-hydrogen) atoms. The van der Waals surface area contributed by atoms with Crippen LogP contribution in [-0.2, 0) is 4.74 Å². The molecule has 2 heterocycles. The van der Waals surface area contributed by atoms with Crippen LogP contribution in [0.15, 0.2) is 17.1 Å². The number of carbonyl (C=O) groups is 1. The molecule has 1 unspecified atom stereocenters. The van der Waals surface area contributed by atoms with Gasteiger partial charge in [0.1, 0.15) is 6.73 Å². The maximum Gasteiger partial charge on any atom is 0.258 e. The van der Waals surface area contributed by atoms with E-state index in [1.165, 1.54) is 0 Å². The van der Waals surface area contributed by atoms with E-state index >= 15 is 0 Å². The topological polar surface area (TPSA) is 60.4 Å². The van der Waals surface area contributed by atoms with Crippen LogP contribution in [0.4, 0.5) is 5.69 Å². The van der Waals surface area contributed by atoms with E-state index < -0.39 is 0 Å². The molecule has 1 amide bonds. The van der Waals surface area contributed by atoms with Gasteiger partial charge in [-0.2, -0.15) is 0 Å². The number of nitrogens with zero attached hydrogens (tertiary/aromatic N) is 2. The summed E-state index contributed by atoms with van der Waals surface area (Å²) in [5.41, 5.74) is 1.11. The van der Waals surface area contributed by atoms with Crippen LogP contribution < -0.4 is 9.47 Å². The Morgan fingerprint density at radius 1 is 1.45 bits per heavy atom. The molecule has 6 nitrogen and oxygen atoms in total. The zero-order valence-corrected chi connectivity index (χ0v) is 11.5. The Hall–Kier alpha value is -2.08. The number of fused-ring (bicyclic) bond motifs is 2. The third kappa shape index (κ3) is 2.02. The number of hydrogen-bond donors (Lipinski definition) is 0. The number of benzene rings is 1. The van der Waals surface area contributed by atoms with E-state index in [2.05, 4.69) is 4.99 Å². The van der Waals surface area contributed by atoms with E-state index in [1.54, 1.807) is 30.4 Å². The van der Waals surface area contributed by atoms with Crippen molar-refractivity contribution in [2.45, 2.75) is 13.0 Å². The standard InChI is InChI=1S/C14H16N2O4/c1-3-20-13-5-11-10(4-12(13)18-2)14(17)16-8-19-7-9(16)6-15-11/h4-6,9H,3,7-8H2,1-2H3. The summed E-state index contributed by atoms with van der Waals surface area (Å²) in [4.78, 5) is 18.6. The van der Waals surface area contributed by atoms with Gasteiger partial charge in [0.15, 0.2) is 11.5 Å². The summed E-state index contributed by atoms with van der Waals surface area (Å²) in [6.07, 6.45) is 1.75. The highest BCUT2D eigenvalue weighted by molar-refractivity contribution is 6.03. The quantitative estimate of drug-likeness (QED) is 0.841. The van der Waals surface area contributed by atoms with Gasteiger partial charge >= 0.3 is 0 Å². The lowest BCUT2D eigenvalue weighted by Crippen LogP contribution is -2.36. The normalized spacial score (nSPS) is 20.4. The molecule has 3 rings (SSSR count). The smallest absolute Gasteiger partial charge is 0.258 e. The van der Waals surface area contributed by atoms with Crippen LogP contribution in [0.2, 0.25) is 0 Å². The zero-order valence-electron chi connectivity index (χ0n) is 11.5. The van der Waals surface area contributed by atoms with Crippen molar-refractivity contribution in [3.63, 3.8) is 0 Å². The number of carbonyl (C=O) groups excluding carboxylic acids is 1. The Labute approximate surface area is 116 Å². The summed E-state index contributed by atoms with van der Waals surface area (Å²) in [6.45, 7) is 3.20. The molecule has 2 aliphatic heterocycles. The fraction of sp³-hybridized carbons (Fsp3) is 0.429. The summed E-state index contributed by atoms with van der Waals surface area (Å²) in [5.74, 6) is 1.03. The van der Waals surface area contributed by atoms with E-state index in [4.69, 9.17) is 14.2 Å². The summed E-state index contributed by atoms with van der Waals surface area (Å²) >= 11 is 0. The van der Waals surface area contributed by atoms with Gasteiger partial charge in [0.2, 0.25) is 0 Å². The Balaban J connectivity index is 2.08. The van der Waals surface area contributed by atoms with Gasteiger partial charge in [0, 0.05) is 12.3 Å². The molecule has 0 saturated carbocycles. The highest BCUT2D eigenvalue weighted by atomic mass is 16.5. The van der Waals surface area contributed by atoms with Gasteiger partial charge < -0.3 is 19.1 Å². The number of methoxy groups -OCH3 is 1. The molecule has 106 valence electrons. The molecule has 0 aliphatic carbocycles.